The lowest BCUT2D eigenvalue weighted by molar-refractivity contribution is 0.0690. The molecule has 0 spiro atoms. The minimum Gasteiger partial charge on any atom is -0.478 e. The van der Waals surface area contributed by atoms with E-state index in [0.717, 1.165) is 12.8 Å². The van der Waals surface area contributed by atoms with Crippen LogP contribution in [0.25, 0.3) is 0 Å². The number of aromatic nitrogens is 2. The number of amides is 1. The Morgan fingerprint density at radius 2 is 1.95 bits per heavy atom. The van der Waals surface area contributed by atoms with Crippen LogP contribution in [0.4, 0.5) is 0 Å². The topological polar surface area (TPSA) is 84.2 Å². The molecule has 0 saturated heterocycles. The molecule has 1 aliphatic rings. The van der Waals surface area contributed by atoms with Crippen LogP contribution in [0, 0.1) is 6.92 Å². The second-order valence-corrected chi connectivity index (χ2v) is 5.94. The Labute approximate surface area is 111 Å². The molecule has 6 heteroatoms. The number of nitrogens with one attached hydrogen (secondary N) is 1. The highest BCUT2D eigenvalue weighted by molar-refractivity contribution is 6.04. The van der Waals surface area contributed by atoms with E-state index in [1.54, 1.807) is 11.6 Å². The molecular formula is C13H19N3O3. The first-order valence-electron chi connectivity index (χ1n) is 6.36. The molecule has 1 aromatic heterocycles. The minimum atomic E-state index is -1.12. The standard InChI is InChI=1S/C13H19N3O3/c1-7-9(12(18)19)10(11(17)14-8-5-6-8)15-16(7)13(2,3)4/h8H,5-6H2,1-4H3,(H,14,17)(H,18,19). The molecule has 2 N–H and O–H groups in total. The van der Waals surface area contributed by atoms with Crippen LogP contribution in [-0.4, -0.2) is 32.8 Å². The molecule has 1 amide bonds. The van der Waals surface area contributed by atoms with Crippen molar-refractivity contribution in [2.24, 2.45) is 0 Å². The van der Waals surface area contributed by atoms with Gasteiger partial charge >= 0.3 is 5.97 Å². The van der Waals surface area contributed by atoms with Crippen LogP contribution >= 0.6 is 0 Å². The molecule has 1 fully saturated rings. The Kier molecular flexibility index (Phi) is 3.12. The second-order valence-electron chi connectivity index (χ2n) is 5.94. The Balaban J connectivity index is 2.46. The molecule has 2 rings (SSSR count). The SMILES string of the molecule is Cc1c(C(=O)O)c(C(=O)NC2CC2)nn1C(C)(C)C. The molecule has 6 nitrogen and oxygen atoms in total. The van der Waals surface area contributed by atoms with Crippen LogP contribution in [0.5, 0.6) is 0 Å². The number of nitrogens with zero attached hydrogens (tertiary/aromatic N) is 2. The van der Waals surface area contributed by atoms with E-state index in [9.17, 15) is 14.7 Å². The summed E-state index contributed by atoms with van der Waals surface area (Å²) in [5.74, 6) is -1.51. The zero-order valence-electron chi connectivity index (χ0n) is 11.6. The number of carbonyl (C=O) groups excluding carboxylic acids is 1. The van der Waals surface area contributed by atoms with E-state index in [2.05, 4.69) is 10.4 Å². The first-order chi connectivity index (χ1) is 8.71. The molecule has 1 aliphatic carbocycles. The number of carbonyl (C=O) groups is 2. The predicted octanol–water partition coefficient (Wildman–Crippen LogP) is 1.54. The maximum absolute atomic E-state index is 12.1. The summed E-state index contributed by atoms with van der Waals surface area (Å²) in [7, 11) is 0. The van der Waals surface area contributed by atoms with E-state index < -0.39 is 11.9 Å². The van der Waals surface area contributed by atoms with Crippen molar-refractivity contribution in [3.63, 3.8) is 0 Å². The Morgan fingerprint density at radius 1 is 1.37 bits per heavy atom. The Hall–Kier alpha value is -1.85. The van der Waals surface area contributed by atoms with Crippen molar-refractivity contribution in [3.05, 3.63) is 17.0 Å². The van der Waals surface area contributed by atoms with Crippen molar-refractivity contribution in [3.8, 4) is 0 Å². The van der Waals surface area contributed by atoms with Gasteiger partial charge in [-0.15, -0.1) is 0 Å². The van der Waals surface area contributed by atoms with Gasteiger partial charge in [-0.05, 0) is 40.5 Å². The van der Waals surface area contributed by atoms with Gasteiger partial charge in [-0.25, -0.2) is 4.79 Å². The highest BCUT2D eigenvalue weighted by Crippen LogP contribution is 2.24. The van der Waals surface area contributed by atoms with Crippen molar-refractivity contribution in [1.29, 1.82) is 0 Å². The fourth-order valence-corrected chi connectivity index (χ4v) is 2.05. The molecule has 19 heavy (non-hydrogen) atoms. The zero-order chi connectivity index (χ0) is 14.4. The summed E-state index contributed by atoms with van der Waals surface area (Å²) in [5, 5.41) is 16.3. The summed E-state index contributed by atoms with van der Waals surface area (Å²) < 4.78 is 1.60. The van der Waals surface area contributed by atoms with Crippen LogP contribution in [0.15, 0.2) is 0 Å². The third-order valence-corrected chi connectivity index (χ3v) is 3.09. The van der Waals surface area contributed by atoms with E-state index in [1.807, 2.05) is 20.8 Å². The fraction of sp³-hybridized carbons (Fsp3) is 0.615. The highest BCUT2D eigenvalue weighted by Gasteiger charge is 2.32. The fourth-order valence-electron chi connectivity index (χ4n) is 2.05. The van der Waals surface area contributed by atoms with Crippen LogP contribution < -0.4 is 5.32 Å². The van der Waals surface area contributed by atoms with Crippen LogP contribution in [0.2, 0.25) is 0 Å². The smallest absolute Gasteiger partial charge is 0.340 e. The summed E-state index contributed by atoms with van der Waals surface area (Å²) in [5.41, 5.74) is 0.132. The largest absolute Gasteiger partial charge is 0.478 e. The lowest BCUT2D eigenvalue weighted by atomic mass is 10.1. The van der Waals surface area contributed by atoms with Gasteiger partial charge in [0.15, 0.2) is 5.69 Å². The molecule has 1 saturated carbocycles. The molecule has 0 aliphatic heterocycles. The number of hydrogen-bond acceptors (Lipinski definition) is 3. The van der Waals surface area contributed by atoms with Crippen LogP contribution in [0.1, 0.15) is 60.2 Å². The third-order valence-electron chi connectivity index (χ3n) is 3.09. The van der Waals surface area contributed by atoms with Crippen molar-refractivity contribution in [2.45, 2.75) is 52.1 Å². The van der Waals surface area contributed by atoms with Crippen molar-refractivity contribution in [1.82, 2.24) is 15.1 Å². The van der Waals surface area contributed by atoms with Gasteiger partial charge in [0, 0.05) is 6.04 Å². The summed E-state index contributed by atoms with van der Waals surface area (Å²) in [6, 6.07) is 0.175. The third kappa shape index (κ3) is 2.62. The van der Waals surface area contributed by atoms with Gasteiger partial charge < -0.3 is 10.4 Å². The molecule has 0 unspecified atom stereocenters. The summed E-state index contributed by atoms with van der Waals surface area (Å²) >= 11 is 0. The molecule has 0 bridgehead atoms. The predicted molar refractivity (Wildman–Crippen MR) is 69.4 cm³/mol. The van der Waals surface area contributed by atoms with Gasteiger partial charge in [0.1, 0.15) is 5.56 Å². The average Bonchev–Trinajstić information content (AvgIpc) is 2.97. The number of hydrogen-bond donors (Lipinski definition) is 2. The first kappa shape index (κ1) is 13.6. The van der Waals surface area contributed by atoms with Gasteiger partial charge in [-0.3, -0.25) is 9.48 Å². The summed E-state index contributed by atoms with van der Waals surface area (Å²) in [6.45, 7) is 7.43. The highest BCUT2D eigenvalue weighted by atomic mass is 16.4. The van der Waals surface area contributed by atoms with Gasteiger partial charge in [0.2, 0.25) is 0 Å². The Morgan fingerprint density at radius 3 is 2.37 bits per heavy atom. The summed E-state index contributed by atoms with van der Waals surface area (Å²) in [6.07, 6.45) is 1.90. The van der Waals surface area contributed by atoms with Gasteiger partial charge in [-0.1, -0.05) is 0 Å². The Bertz CT molecular complexity index is 536. The van der Waals surface area contributed by atoms with Gasteiger partial charge in [0.25, 0.3) is 5.91 Å². The number of rotatable bonds is 3. The maximum atomic E-state index is 12.1. The van der Waals surface area contributed by atoms with Crippen LogP contribution in [0.3, 0.4) is 0 Å². The lowest BCUT2D eigenvalue weighted by Gasteiger charge is -2.21. The molecule has 1 aromatic rings. The average molecular weight is 265 g/mol. The quantitative estimate of drug-likeness (QED) is 0.868. The van der Waals surface area contributed by atoms with Crippen molar-refractivity contribution >= 4 is 11.9 Å². The minimum absolute atomic E-state index is 0.00632. The van der Waals surface area contributed by atoms with Crippen molar-refractivity contribution < 1.29 is 14.7 Å². The molecular weight excluding hydrogens is 246 g/mol. The molecule has 0 aromatic carbocycles. The molecule has 104 valence electrons. The van der Waals surface area contributed by atoms with E-state index in [-0.39, 0.29) is 22.8 Å². The van der Waals surface area contributed by atoms with Crippen molar-refractivity contribution in [2.75, 3.05) is 0 Å². The maximum Gasteiger partial charge on any atom is 0.340 e. The molecule has 0 atom stereocenters. The second kappa shape index (κ2) is 4.36. The number of carboxylic acids is 1. The first-order valence-corrected chi connectivity index (χ1v) is 6.36. The zero-order valence-corrected chi connectivity index (χ0v) is 11.6. The molecule has 1 heterocycles. The number of carboxylic acid groups (broad SMARTS) is 1. The monoisotopic (exact) mass is 265 g/mol. The van der Waals surface area contributed by atoms with Crippen LogP contribution in [-0.2, 0) is 5.54 Å². The van der Waals surface area contributed by atoms with E-state index in [4.69, 9.17) is 0 Å². The number of aromatic carboxylic acids is 1. The van der Waals surface area contributed by atoms with E-state index in [1.165, 1.54) is 0 Å². The van der Waals surface area contributed by atoms with Gasteiger partial charge in [0.05, 0.1) is 11.2 Å². The van der Waals surface area contributed by atoms with Gasteiger partial charge in [-0.2, -0.15) is 5.10 Å². The normalized spacial score (nSPS) is 15.4. The van der Waals surface area contributed by atoms with E-state index >= 15 is 0 Å². The summed E-state index contributed by atoms with van der Waals surface area (Å²) in [4.78, 5) is 23.4. The lowest BCUT2D eigenvalue weighted by Crippen LogP contribution is -2.28. The van der Waals surface area contributed by atoms with E-state index in [0.29, 0.717) is 5.69 Å². The molecule has 0 radical (unpaired) electrons.